The molecule has 2 saturated heterocycles. The number of aliphatic hydroxyl groups is 1. The second-order valence-corrected chi connectivity index (χ2v) is 9.60. The number of hydrogen-bond donors (Lipinski definition) is 1. The monoisotopic (exact) mass is 470 g/mol. The highest BCUT2D eigenvalue weighted by atomic mass is 16.7. The Balaban J connectivity index is 1.24. The van der Waals surface area contributed by atoms with Gasteiger partial charge in [-0.05, 0) is 54.3 Å². The Morgan fingerprint density at radius 3 is 2.43 bits per heavy atom. The molecule has 3 aliphatic rings. The minimum atomic E-state index is 0.0239. The van der Waals surface area contributed by atoms with E-state index in [9.17, 15) is 9.90 Å². The largest absolute Gasteiger partial charge is 0.454 e. The molecule has 0 saturated carbocycles. The molecule has 0 aliphatic carbocycles. The average Bonchev–Trinajstić information content (AvgIpc) is 3.36. The quantitative estimate of drug-likeness (QED) is 0.621. The molecule has 0 spiro atoms. The van der Waals surface area contributed by atoms with Gasteiger partial charge in [0.25, 0.3) is 5.91 Å². The summed E-state index contributed by atoms with van der Waals surface area (Å²) in [5.74, 6) is 1.53. The molecule has 2 fully saturated rings. The van der Waals surface area contributed by atoms with Crippen molar-refractivity contribution >= 4 is 5.91 Å². The normalized spacial score (nSPS) is 23.7. The van der Waals surface area contributed by atoms with E-state index in [1.54, 1.807) is 6.07 Å². The number of carbonyl (C=O) groups excluding carboxylic acids is 1. The molecule has 1 N–H and O–H groups in total. The Bertz CT molecular complexity index is 1200. The third kappa shape index (κ3) is 4.07. The molecule has 0 bridgehead atoms. The zero-order chi connectivity index (χ0) is 23.8. The topological polar surface area (TPSA) is 62.2 Å². The van der Waals surface area contributed by atoms with Crippen molar-refractivity contribution in [1.82, 2.24) is 9.80 Å². The lowest BCUT2D eigenvalue weighted by Crippen LogP contribution is -2.67. The molecule has 35 heavy (non-hydrogen) atoms. The molecule has 6 heteroatoms. The third-order valence-corrected chi connectivity index (χ3v) is 7.68. The van der Waals surface area contributed by atoms with Crippen LogP contribution in [0.4, 0.5) is 0 Å². The van der Waals surface area contributed by atoms with Crippen LogP contribution >= 0.6 is 0 Å². The van der Waals surface area contributed by atoms with Gasteiger partial charge in [-0.25, -0.2) is 0 Å². The Morgan fingerprint density at radius 2 is 1.63 bits per heavy atom. The van der Waals surface area contributed by atoms with Crippen LogP contribution in [0.25, 0.3) is 11.1 Å². The van der Waals surface area contributed by atoms with Crippen LogP contribution in [0.1, 0.15) is 34.7 Å². The lowest BCUT2D eigenvalue weighted by molar-refractivity contribution is -0.0606. The predicted molar refractivity (Wildman–Crippen MR) is 134 cm³/mol. The van der Waals surface area contributed by atoms with Crippen molar-refractivity contribution in [3.05, 3.63) is 83.9 Å². The number of amides is 1. The molecular formula is C29H30N2O4. The summed E-state index contributed by atoms with van der Waals surface area (Å²) in [6.07, 6.45) is 1.96. The highest BCUT2D eigenvalue weighted by Gasteiger charge is 2.49. The SMILES string of the molecule is O=C(c1ccc2c(c1)OCO2)N1CCCCN2[C@@H](CO)[C@H](c3ccc(-c4ccccc4)cc3)[C@@H]2C1. The smallest absolute Gasteiger partial charge is 0.254 e. The van der Waals surface area contributed by atoms with E-state index in [0.29, 0.717) is 23.6 Å². The van der Waals surface area contributed by atoms with Gasteiger partial charge in [0.1, 0.15) is 0 Å². The number of hydrogen-bond acceptors (Lipinski definition) is 5. The second kappa shape index (κ2) is 9.36. The lowest BCUT2D eigenvalue weighted by Gasteiger charge is -2.57. The summed E-state index contributed by atoms with van der Waals surface area (Å²) < 4.78 is 10.9. The summed E-state index contributed by atoms with van der Waals surface area (Å²) in [7, 11) is 0. The molecule has 3 aromatic carbocycles. The fourth-order valence-corrected chi connectivity index (χ4v) is 5.87. The van der Waals surface area contributed by atoms with Crippen LogP contribution in [-0.4, -0.2) is 65.9 Å². The summed E-state index contributed by atoms with van der Waals surface area (Å²) in [6, 6.07) is 24.8. The number of aliphatic hydroxyl groups excluding tert-OH is 1. The van der Waals surface area contributed by atoms with Crippen LogP contribution in [0, 0.1) is 0 Å². The lowest BCUT2D eigenvalue weighted by atomic mass is 9.74. The minimum absolute atomic E-state index is 0.0239. The van der Waals surface area contributed by atoms with E-state index in [1.165, 1.54) is 16.7 Å². The zero-order valence-corrected chi connectivity index (χ0v) is 19.7. The molecule has 0 unspecified atom stereocenters. The van der Waals surface area contributed by atoms with Gasteiger partial charge in [0, 0.05) is 36.7 Å². The molecule has 6 nitrogen and oxygen atoms in total. The van der Waals surface area contributed by atoms with Crippen molar-refractivity contribution in [1.29, 1.82) is 0 Å². The average molecular weight is 471 g/mol. The van der Waals surface area contributed by atoms with Crippen LogP contribution in [0.2, 0.25) is 0 Å². The molecule has 0 aromatic heterocycles. The van der Waals surface area contributed by atoms with Crippen molar-refractivity contribution in [2.24, 2.45) is 0 Å². The first-order valence-electron chi connectivity index (χ1n) is 12.4. The summed E-state index contributed by atoms with van der Waals surface area (Å²) in [4.78, 5) is 17.9. The number of fused-ring (bicyclic) bond motifs is 2. The first kappa shape index (κ1) is 22.1. The Morgan fingerprint density at radius 1 is 0.886 bits per heavy atom. The van der Waals surface area contributed by atoms with E-state index < -0.39 is 0 Å². The maximum absolute atomic E-state index is 13.5. The van der Waals surface area contributed by atoms with Crippen molar-refractivity contribution in [3.8, 4) is 22.6 Å². The second-order valence-electron chi connectivity index (χ2n) is 9.60. The van der Waals surface area contributed by atoms with Gasteiger partial charge in [-0.1, -0.05) is 54.6 Å². The van der Waals surface area contributed by atoms with Crippen LogP contribution in [0.5, 0.6) is 11.5 Å². The molecule has 180 valence electrons. The van der Waals surface area contributed by atoms with Crippen molar-refractivity contribution < 1.29 is 19.4 Å². The highest BCUT2D eigenvalue weighted by Crippen LogP contribution is 2.42. The molecule has 3 aromatic rings. The van der Waals surface area contributed by atoms with Crippen LogP contribution < -0.4 is 9.47 Å². The maximum atomic E-state index is 13.5. The molecule has 3 aliphatic heterocycles. The van der Waals surface area contributed by atoms with Crippen LogP contribution in [0.3, 0.4) is 0 Å². The highest BCUT2D eigenvalue weighted by molar-refractivity contribution is 5.95. The van der Waals surface area contributed by atoms with E-state index in [2.05, 4.69) is 53.4 Å². The van der Waals surface area contributed by atoms with E-state index in [4.69, 9.17) is 9.47 Å². The first-order valence-corrected chi connectivity index (χ1v) is 12.4. The Labute approximate surface area is 205 Å². The summed E-state index contributed by atoms with van der Waals surface area (Å²) in [5, 5.41) is 10.2. The molecule has 6 rings (SSSR count). The first-order chi connectivity index (χ1) is 17.2. The van der Waals surface area contributed by atoms with Gasteiger partial charge in [-0.3, -0.25) is 9.69 Å². The summed E-state index contributed by atoms with van der Waals surface area (Å²) in [6.45, 7) is 2.66. The van der Waals surface area contributed by atoms with E-state index in [1.807, 2.05) is 23.1 Å². The maximum Gasteiger partial charge on any atom is 0.254 e. The molecule has 1 amide bonds. The zero-order valence-electron chi connectivity index (χ0n) is 19.7. The number of nitrogens with zero attached hydrogens (tertiary/aromatic N) is 2. The van der Waals surface area contributed by atoms with Crippen molar-refractivity contribution in [2.75, 3.05) is 33.0 Å². The van der Waals surface area contributed by atoms with Gasteiger partial charge in [-0.2, -0.15) is 0 Å². The van der Waals surface area contributed by atoms with E-state index >= 15 is 0 Å². The number of carbonyl (C=O) groups is 1. The van der Waals surface area contributed by atoms with Gasteiger partial charge in [0.15, 0.2) is 11.5 Å². The van der Waals surface area contributed by atoms with Crippen LogP contribution in [0.15, 0.2) is 72.8 Å². The predicted octanol–water partition coefficient (Wildman–Crippen LogP) is 4.15. The number of benzene rings is 3. The van der Waals surface area contributed by atoms with E-state index in [-0.39, 0.29) is 37.3 Å². The van der Waals surface area contributed by atoms with E-state index in [0.717, 1.165) is 25.9 Å². The molecule has 0 radical (unpaired) electrons. The summed E-state index contributed by atoms with van der Waals surface area (Å²) in [5.41, 5.74) is 4.23. The van der Waals surface area contributed by atoms with Gasteiger partial charge >= 0.3 is 0 Å². The Hall–Kier alpha value is -3.35. The molecule has 3 heterocycles. The molecule has 3 atom stereocenters. The molecular weight excluding hydrogens is 440 g/mol. The third-order valence-electron chi connectivity index (χ3n) is 7.68. The van der Waals surface area contributed by atoms with Gasteiger partial charge < -0.3 is 19.5 Å². The van der Waals surface area contributed by atoms with Gasteiger partial charge in [-0.15, -0.1) is 0 Å². The Kier molecular flexibility index (Phi) is 5.92. The minimum Gasteiger partial charge on any atom is -0.454 e. The van der Waals surface area contributed by atoms with Gasteiger partial charge in [0.05, 0.1) is 6.61 Å². The van der Waals surface area contributed by atoms with Gasteiger partial charge in [0.2, 0.25) is 6.79 Å². The summed E-state index contributed by atoms with van der Waals surface area (Å²) >= 11 is 0. The number of ether oxygens (including phenoxy) is 2. The standard InChI is InChI=1S/C29H30N2O4/c32-18-25-28(22-10-8-21(9-11-22)20-6-2-1-3-7-20)24-17-30(14-4-5-15-31(24)25)29(33)23-12-13-26-27(16-23)35-19-34-26/h1-3,6-13,16,24-25,28,32H,4-5,14-15,17-19H2/t24-,25-,28+/m0/s1. The van der Waals surface area contributed by atoms with Crippen molar-refractivity contribution in [3.63, 3.8) is 0 Å². The van der Waals surface area contributed by atoms with Crippen LogP contribution in [-0.2, 0) is 0 Å². The fraction of sp³-hybridized carbons (Fsp3) is 0.345. The number of rotatable bonds is 4. The fourth-order valence-electron chi connectivity index (χ4n) is 5.87. The van der Waals surface area contributed by atoms with Crippen molar-refractivity contribution in [2.45, 2.75) is 30.8 Å².